The molecule has 2 saturated heterocycles. The Kier molecular flexibility index (Phi) is 6.98. The molecule has 0 saturated carbocycles. The minimum atomic E-state index is 0.117. The molecule has 2 bridgehead atoms. The van der Waals surface area contributed by atoms with Crippen LogP contribution in [0.4, 0.5) is 0 Å². The minimum absolute atomic E-state index is 0.117. The zero-order valence-electron chi connectivity index (χ0n) is 18.1. The molecule has 6 nitrogen and oxygen atoms in total. The van der Waals surface area contributed by atoms with Gasteiger partial charge in [-0.05, 0) is 23.3 Å². The molecule has 2 heterocycles. The minimum Gasteiger partial charge on any atom is -0.370 e. The predicted molar refractivity (Wildman–Crippen MR) is 119 cm³/mol. The maximum absolute atomic E-state index is 12.1. The summed E-state index contributed by atoms with van der Waals surface area (Å²) in [5, 5.41) is 8.96. The van der Waals surface area contributed by atoms with Crippen LogP contribution in [-0.4, -0.2) is 72.1 Å². The molecule has 2 aromatic rings. The fourth-order valence-corrected chi connectivity index (χ4v) is 4.53. The van der Waals surface area contributed by atoms with E-state index < -0.39 is 0 Å². The summed E-state index contributed by atoms with van der Waals surface area (Å²) in [7, 11) is 0. The van der Waals surface area contributed by atoms with E-state index in [-0.39, 0.29) is 18.1 Å². The Morgan fingerprint density at radius 1 is 1.00 bits per heavy atom. The molecule has 2 aromatic carbocycles. The fourth-order valence-electron chi connectivity index (χ4n) is 4.53. The van der Waals surface area contributed by atoms with Gasteiger partial charge in [0.05, 0.1) is 23.8 Å². The number of amides is 1. The Labute approximate surface area is 184 Å². The van der Waals surface area contributed by atoms with Gasteiger partial charge in [0.25, 0.3) is 0 Å². The zero-order chi connectivity index (χ0) is 21.6. The van der Waals surface area contributed by atoms with Crippen LogP contribution >= 0.6 is 0 Å². The van der Waals surface area contributed by atoms with Crippen molar-refractivity contribution >= 4 is 5.91 Å². The quantitative estimate of drug-likeness (QED) is 0.692. The first-order valence-corrected chi connectivity index (χ1v) is 11.0. The largest absolute Gasteiger partial charge is 0.370 e. The Balaban J connectivity index is 1.27. The van der Waals surface area contributed by atoms with Crippen LogP contribution in [0.1, 0.15) is 23.6 Å². The molecular formula is C25H30N4O2. The lowest BCUT2D eigenvalue weighted by Gasteiger charge is -2.46. The van der Waals surface area contributed by atoms with Crippen LogP contribution in [0.2, 0.25) is 0 Å². The van der Waals surface area contributed by atoms with Crippen LogP contribution in [0.3, 0.4) is 0 Å². The molecule has 0 aliphatic carbocycles. The number of fused-ring (bicyclic) bond motifs is 2. The van der Waals surface area contributed by atoms with E-state index in [1.165, 1.54) is 5.56 Å². The number of carbonyl (C=O) groups is 1. The van der Waals surface area contributed by atoms with Crippen LogP contribution in [0.5, 0.6) is 0 Å². The van der Waals surface area contributed by atoms with Gasteiger partial charge in [0.2, 0.25) is 5.91 Å². The van der Waals surface area contributed by atoms with Crippen LogP contribution in [0, 0.1) is 11.3 Å². The second kappa shape index (κ2) is 10.1. The summed E-state index contributed by atoms with van der Waals surface area (Å²) >= 11 is 0. The molecule has 0 N–H and O–H groups in total. The van der Waals surface area contributed by atoms with Crippen molar-refractivity contribution in [1.29, 1.82) is 5.26 Å². The Morgan fingerprint density at radius 3 is 2.26 bits per heavy atom. The van der Waals surface area contributed by atoms with E-state index in [1.54, 1.807) is 6.92 Å². The van der Waals surface area contributed by atoms with E-state index in [4.69, 9.17) is 10.00 Å². The molecule has 1 amide bonds. The normalized spacial score (nSPS) is 21.4. The van der Waals surface area contributed by atoms with Crippen molar-refractivity contribution in [2.75, 3.05) is 39.3 Å². The van der Waals surface area contributed by atoms with E-state index >= 15 is 0 Å². The average Bonchev–Trinajstić information content (AvgIpc) is 2.77. The highest BCUT2D eigenvalue weighted by Gasteiger charge is 2.34. The summed E-state index contributed by atoms with van der Waals surface area (Å²) in [6, 6.07) is 20.2. The maximum Gasteiger partial charge on any atom is 0.219 e. The van der Waals surface area contributed by atoms with Gasteiger partial charge < -0.3 is 9.64 Å². The smallest absolute Gasteiger partial charge is 0.219 e. The van der Waals surface area contributed by atoms with Crippen molar-refractivity contribution in [3.8, 4) is 6.07 Å². The number of nitriles is 1. The highest BCUT2D eigenvalue weighted by atomic mass is 16.5. The molecule has 0 spiro atoms. The Bertz CT molecular complexity index is 895. The van der Waals surface area contributed by atoms with Crippen molar-refractivity contribution in [2.24, 2.45) is 0 Å². The third-order valence-corrected chi connectivity index (χ3v) is 6.07. The van der Waals surface area contributed by atoms with Crippen molar-refractivity contribution in [2.45, 2.75) is 32.2 Å². The molecule has 6 heteroatoms. The maximum atomic E-state index is 12.1. The van der Waals surface area contributed by atoms with Gasteiger partial charge in [-0.15, -0.1) is 0 Å². The third-order valence-electron chi connectivity index (χ3n) is 6.07. The van der Waals surface area contributed by atoms with Gasteiger partial charge in [0, 0.05) is 59.3 Å². The van der Waals surface area contributed by atoms with Crippen LogP contribution in [0.15, 0.2) is 54.6 Å². The first kappa shape index (κ1) is 21.5. The monoisotopic (exact) mass is 418 g/mol. The molecule has 2 aliphatic rings. The lowest BCUT2D eigenvalue weighted by Crippen LogP contribution is -2.59. The van der Waals surface area contributed by atoms with E-state index in [2.05, 4.69) is 28.0 Å². The Morgan fingerprint density at radius 2 is 1.65 bits per heavy atom. The first-order chi connectivity index (χ1) is 15.1. The second-order valence-corrected chi connectivity index (χ2v) is 8.57. The van der Waals surface area contributed by atoms with Gasteiger partial charge in [-0.2, -0.15) is 5.26 Å². The molecule has 0 radical (unpaired) electrons. The van der Waals surface area contributed by atoms with Crippen LogP contribution in [-0.2, 0) is 22.6 Å². The number of rotatable bonds is 7. The molecule has 4 rings (SSSR count). The second-order valence-electron chi connectivity index (χ2n) is 8.57. The number of hydrogen-bond donors (Lipinski definition) is 0. The topological polar surface area (TPSA) is 59.8 Å². The van der Waals surface area contributed by atoms with Crippen molar-refractivity contribution in [3.05, 3.63) is 71.3 Å². The summed E-state index contributed by atoms with van der Waals surface area (Å²) in [5.41, 5.74) is 3.09. The zero-order valence-corrected chi connectivity index (χ0v) is 18.1. The lowest BCUT2D eigenvalue weighted by atomic mass is 10.1. The summed E-state index contributed by atoms with van der Waals surface area (Å²) < 4.78 is 6.20. The SMILES string of the molecule is CC(=O)N(CCN1CC2CN(Cc3ccc(C#N)cc3)CC(C1)O2)Cc1ccccc1. The first-order valence-electron chi connectivity index (χ1n) is 11.0. The third kappa shape index (κ3) is 5.92. The molecule has 31 heavy (non-hydrogen) atoms. The number of morpholine rings is 2. The van der Waals surface area contributed by atoms with Crippen molar-refractivity contribution in [3.63, 3.8) is 0 Å². The number of nitrogens with zero attached hydrogens (tertiary/aromatic N) is 4. The molecular weight excluding hydrogens is 388 g/mol. The number of hydrogen-bond acceptors (Lipinski definition) is 5. The predicted octanol–water partition coefficient (Wildman–Crippen LogP) is 2.49. The van der Waals surface area contributed by atoms with Gasteiger partial charge in [0.1, 0.15) is 0 Å². The van der Waals surface area contributed by atoms with E-state index in [9.17, 15) is 4.79 Å². The molecule has 2 unspecified atom stereocenters. The summed E-state index contributed by atoms with van der Waals surface area (Å²) in [4.78, 5) is 19.0. The number of carbonyl (C=O) groups excluding carboxylic acids is 1. The van der Waals surface area contributed by atoms with Crippen molar-refractivity contribution in [1.82, 2.24) is 14.7 Å². The van der Waals surface area contributed by atoms with E-state index in [0.29, 0.717) is 12.1 Å². The molecule has 0 aromatic heterocycles. The number of benzene rings is 2. The molecule has 2 aliphatic heterocycles. The molecule has 2 fully saturated rings. The summed E-state index contributed by atoms with van der Waals surface area (Å²) in [6.07, 6.45) is 0.400. The van der Waals surface area contributed by atoms with Crippen molar-refractivity contribution < 1.29 is 9.53 Å². The molecule has 2 atom stereocenters. The van der Waals surface area contributed by atoms with Gasteiger partial charge in [0.15, 0.2) is 0 Å². The summed E-state index contributed by atoms with van der Waals surface area (Å²) in [6.45, 7) is 8.42. The van der Waals surface area contributed by atoms with Crippen LogP contribution in [0.25, 0.3) is 0 Å². The van der Waals surface area contributed by atoms with E-state index in [1.807, 2.05) is 47.4 Å². The van der Waals surface area contributed by atoms with Gasteiger partial charge in [-0.25, -0.2) is 0 Å². The highest BCUT2D eigenvalue weighted by molar-refractivity contribution is 5.73. The average molecular weight is 419 g/mol. The van der Waals surface area contributed by atoms with Gasteiger partial charge in [-0.1, -0.05) is 42.5 Å². The standard InChI is InChI=1S/C25H30N4O2/c1-20(30)29(15-22-5-3-2-4-6-22)12-11-27-16-24-18-28(19-25(17-27)31-24)14-23-9-7-21(13-26)8-10-23/h2-10,24-25H,11-12,14-19H2,1H3. The van der Waals surface area contributed by atoms with E-state index in [0.717, 1.165) is 51.4 Å². The van der Waals surface area contributed by atoms with Crippen LogP contribution < -0.4 is 0 Å². The number of ether oxygens (including phenoxy) is 1. The Hall–Kier alpha value is -2.72. The summed E-state index contributed by atoms with van der Waals surface area (Å²) in [5.74, 6) is 0.117. The lowest BCUT2D eigenvalue weighted by molar-refractivity contribution is -0.142. The fraction of sp³-hybridized carbons (Fsp3) is 0.440. The highest BCUT2D eigenvalue weighted by Crippen LogP contribution is 2.21. The molecule has 162 valence electrons. The van der Waals surface area contributed by atoms with Gasteiger partial charge >= 0.3 is 0 Å². The van der Waals surface area contributed by atoms with Gasteiger partial charge in [-0.3, -0.25) is 14.6 Å².